The van der Waals surface area contributed by atoms with Gasteiger partial charge >= 0.3 is 0 Å². The van der Waals surface area contributed by atoms with Gasteiger partial charge in [-0.2, -0.15) is 4.39 Å². The number of piperazine rings is 1. The fourth-order valence-electron chi connectivity index (χ4n) is 2.09. The SMILES string of the molecule is CC.NCCCN1CCN(c2cccc(F)n2)CC1. The number of aromatic nitrogens is 1. The molecule has 0 aliphatic carbocycles. The van der Waals surface area contributed by atoms with Crippen molar-refractivity contribution in [2.75, 3.05) is 44.2 Å². The summed E-state index contributed by atoms with van der Waals surface area (Å²) in [5.74, 6) is 0.330. The van der Waals surface area contributed by atoms with Crippen molar-refractivity contribution in [3.8, 4) is 0 Å². The molecule has 1 saturated heterocycles. The third-order valence-electron chi connectivity index (χ3n) is 3.08. The molecule has 1 aliphatic rings. The number of halogens is 1. The van der Waals surface area contributed by atoms with Gasteiger partial charge in [0.05, 0.1) is 0 Å². The summed E-state index contributed by atoms with van der Waals surface area (Å²) in [6.07, 6.45) is 1.04. The third-order valence-corrected chi connectivity index (χ3v) is 3.08. The monoisotopic (exact) mass is 268 g/mol. The summed E-state index contributed by atoms with van der Waals surface area (Å²) in [7, 11) is 0. The lowest BCUT2D eigenvalue weighted by atomic mass is 10.3. The molecule has 4 nitrogen and oxygen atoms in total. The Labute approximate surface area is 115 Å². The molecule has 1 aromatic rings. The molecule has 0 atom stereocenters. The van der Waals surface area contributed by atoms with E-state index >= 15 is 0 Å². The first-order chi connectivity index (χ1) is 9.29. The number of hydrogen-bond acceptors (Lipinski definition) is 4. The number of nitrogens with two attached hydrogens (primary N) is 1. The van der Waals surface area contributed by atoms with E-state index in [2.05, 4.69) is 14.8 Å². The number of anilines is 1. The van der Waals surface area contributed by atoms with E-state index < -0.39 is 5.95 Å². The molecule has 0 radical (unpaired) electrons. The lowest BCUT2D eigenvalue weighted by Crippen LogP contribution is -2.47. The maximum atomic E-state index is 13.0. The Morgan fingerprint density at radius 2 is 1.89 bits per heavy atom. The molecule has 19 heavy (non-hydrogen) atoms. The molecule has 1 aliphatic heterocycles. The summed E-state index contributed by atoms with van der Waals surface area (Å²) in [6.45, 7) is 9.60. The van der Waals surface area contributed by atoms with E-state index in [0.29, 0.717) is 0 Å². The Morgan fingerprint density at radius 3 is 2.47 bits per heavy atom. The molecule has 0 spiro atoms. The first-order valence-corrected chi connectivity index (χ1v) is 7.09. The van der Waals surface area contributed by atoms with Gasteiger partial charge < -0.3 is 10.6 Å². The van der Waals surface area contributed by atoms with Gasteiger partial charge in [0, 0.05) is 26.2 Å². The van der Waals surface area contributed by atoms with Gasteiger partial charge in [0.15, 0.2) is 0 Å². The van der Waals surface area contributed by atoms with E-state index in [1.54, 1.807) is 6.07 Å². The smallest absolute Gasteiger partial charge is 0.214 e. The highest BCUT2D eigenvalue weighted by atomic mass is 19.1. The molecule has 2 heterocycles. The van der Waals surface area contributed by atoms with Crippen LogP contribution in [0, 0.1) is 5.95 Å². The van der Waals surface area contributed by atoms with E-state index in [1.807, 2.05) is 19.9 Å². The maximum Gasteiger partial charge on any atom is 0.214 e. The van der Waals surface area contributed by atoms with Gasteiger partial charge in [-0.15, -0.1) is 0 Å². The van der Waals surface area contributed by atoms with Gasteiger partial charge in [0.25, 0.3) is 0 Å². The molecule has 2 N–H and O–H groups in total. The molecule has 0 aromatic carbocycles. The predicted octanol–water partition coefficient (Wildman–Crippen LogP) is 1.72. The molecular weight excluding hydrogens is 243 g/mol. The van der Waals surface area contributed by atoms with Crippen molar-refractivity contribution < 1.29 is 4.39 Å². The van der Waals surface area contributed by atoms with E-state index in [9.17, 15) is 4.39 Å². The second kappa shape index (κ2) is 8.82. The molecule has 1 aromatic heterocycles. The standard InChI is InChI=1S/C12H19FN4.C2H6/c13-11-3-1-4-12(15-11)17-9-7-16(8-10-17)6-2-5-14;1-2/h1,3-4H,2,5-10,14H2;1-2H3. The summed E-state index contributed by atoms with van der Waals surface area (Å²) in [6, 6.07) is 4.94. The predicted molar refractivity (Wildman–Crippen MR) is 77.9 cm³/mol. The van der Waals surface area contributed by atoms with Crippen molar-refractivity contribution in [3.05, 3.63) is 24.1 Å². The summed E-state index contributed by atoms with van der Waals surface area (Å²) >= 11 is 0. The quantitative estimate of drug-likeness (QED) is 0.845. The summed E-state index contributed by atoms with van der Waals surface area (Å²) in [4.78, 5) is 8.42. The van der Waals surface area contributed by atoms with E-state index in [-0.39, 0.29) is 0 Å². The van der Waals surface area contributed by atoms with Gasteiger partial charge in [0.2, 0.25) is 5.95 Å². The summed E-state index contributed by atoms with van der Waals surface area (Å²) in [5.41, 5.74) is 5.49. The molecule has 5 heteroatoms. The molecule has 0 saturated carbocycles. The number of nitrogens with zero attached hydrogens (tertiary/aromatic N) is 3. The molecule has 0 amide bonds. The van der Waals surface area contributed by atoms with Gasteiger partial charge in [-0.3, -0.25) is 4.90 Å². The molecule has 1 fully saturated rings. The first kappa shape index (κ1) is 15.9. The van der Waals surface area contributed by atoms with Crippen LogP contribution in [0.4, 0.5) is 10.2 Å². The van der Waals surface area contributed by atoms with Crippen molar-refractivity contribution >= 4 is 5.82 Å². The lowest BCUT2D eigenvalue weighted by Gasteiger charge is -2.35. The van der Waals surface area contributed by atoms with Crippen LogP contribution >= 0.6 is 0 Å². The zero-order valence-corrected chi connectivity index (χ0v) is 12.0. The van der Waals surface area contributed by atoms with E-state index in [0.717, 1.165) is 51.5 Å². The van der Waals surface area contributed by atoms with Crippen LogP contribution in [0.5, 0.6) is 0 Å². The minimum absolute atomic E-state index is 0.409. The molecule has 2 rings (SSSR count). The van der Waals surface area contributed by atoms with Crippen LogP contribution in [0.25, 0.3) is 0 Å². The highest BCUT2D eigenvalue weighted by Gasteiger charge is 2.17. The van der Waals surface area contributed by atoms with Crippen LogP contribution in [0.1, 0.15) is 20.3 Å². The third kappa shape index (κ3) is 5.12. The molecule has 0 bridgehead atoms. The van der Waals surface area contributed by atoms with Crippen LogP contribution in [-0.2, 0) is 0 Å². The van der Waals surface area contributed by atoms with Crippen molar-refractivity contribution in [3.63, 3.8) is 0 Å². The average molecular weight is 268 g/mol. The highest BCUT2D eigenvalue weighted by Crippen LogP contribution is 2.13. The van der Waals surface area contributed by atoms with Crippen LogP contribution < -0.4 is 10.6 Å². The van der Waals surface area contributed by atoms with Gasteiger partial charge in [0.1, 0.15) is 5.82 Å². The fourth-order valence-corrected chi connectivity index (χ4v) is 2.09. The molecule has 0 unspecified atom stereocenters. The Kier molecular flexibility index (Phi) is 7.36. The van der Waals surface area contributed by atoms with Crippen molar-refractivity contribution in [2.45, 2.75) is 20.3 Å². The van der Waals surface area contributed by atoms with Crippen LogP contribution in [0.2, 0.25) is 0 Å². The second-order valence-corrected chi connectivity index (χ2v) is 4.29. The highest BCUT2D eigenvalue weighted by molar-refractivity contribution is 5.38. The van der Waals surface area contributed by atoms with Gasteiger partial charge in [-0.25, -0.2) is 4.98 Å². The molecular formula is C14H25FN4. The molecule has 108 valence electrons. The minimum atomic E-state index is -0.409. The zero-order valence-electron chi connectivity index (χ0n) is 12.0. The first-order valence-electron chi connectivity index (χ1n) is 7.09. The Balaban J connectivity index is 0.000000861. The second-order valence-electron chi connectivity index (χ2n) is 4.29. The maximum absolute atomic E-state index is 13.0. The van der Waals surface area contributed by atoms with E-state index in [4.69, 9.17) is 5.73 Å². The number of rotatable bonds is 4. The fraction of sp³-hybridized carbons (Fsp3) is 0.643. The van der Waals surface area contributed by atoms with Gasteiger partial charge in [-0.1, -0.05) is 19.9 Å². The van der Waals surface area contributed by atoms with Crippen LogP contribution in [-0.4, -0.2) is 49.2 Å². The average Bonchev–Trinajstić information content (AvgIpc) is 2.48. The summed E-state index contributed by atoms with van der Waals surface area (Å²) < 4.78 is 13.0. The van der Waals surface area contributed by atoms with Crippen LogP contribution in [0.15, 0.2) is 18.2 Å². The van der Waals surface area contributed by atoms with Crippen molar-refractivity contribution in [1.29, 1.82) is 0 Å². The van der Waals surface area contributed by atoms with Gasteiger partial charge in [-0.05, 0) is 31.6 Å². The number of hydrogen-bond donors (Lipinski definition) is 1. The Hall–Kier alpha value is -1.20. The Morgan fingerprint density at radius 1 is 1.21 bits per heavy atom. The summed E-state index contributed by atoms with van der Waals surface area (Å²) in [5, 5.41) is 0. The number of pyridine rings is 1. The lowest BCUT2D eigenvalue weighted by molar-refractivity contribution is 0.255. The largest absolute Gasteiger partial charge is 0.354 e. The van der Waals surface area contributed by atoms with Crippen molar-refractivity contribution in [2.24, 2.45) is 5.73 Å². The zero-order chi connectivity index (χ0) is 14.1. The minimum Gasteiger partial charge on any atom is -0.354 e. The normalized spacial score (nSPS) is 15.9. The topological polar surface area (TPSA) is 45.4 Å². The van der Waals surface area contributed by atoms with Crippen molar-refractivity contribution in [1.82, 2.24) is 9.88 Å². The Bertz CT molecular complexity index is 351. The van der Waals surface area contributed by atoms with Crippen LogP contribution in [0.3, 0.4) is 0 Å². The van der Waals surface area contributed by atoms with E-state index in [1.165, 1.54) is 6.07 Å².